The fourth-order valence-electron chi connectivity index (χ4n) is 3.94. The average molecular weight is 456 g/mol. The van der Waals surface area contributed by atoms with Gasteiger partial charge in [-0.3, -0.25) is 14.2 Å². The van der Waals surface area contributed by atoms with Crippen LogP contribution in [0.25, 0.3) is 10.2 Å². The molecule has 9 heteroatoms. The quantitative estimate of drug-likeness (QED) is 0.572. The van der Waals surface area contributed by atoms with Crippen molar-refractivity contribution < 1.29 is 19.1 Å². The molecule has 1 unspecified atom stereocenters. The van der Waals surface area contributed by atoms with E-state index >= 15 is 0 Å². The lowest BCUT2D eigenvalue weighted by atomic mass is 9.89. The van der Waals surface area contributed by atoms with E-state index in [4.69, 9.17) is 9.47 Å². The third kappa shape index (κ3) is 4.25. The van der Waals surface area contributed by atoms with E-state index in [0.717, 1.165) is 34.3 Å². The first-order chi connectivity index (χ1) is 15.4. The molecule has 0 radical (unpaired) electrons. The molecule has 2 heterocycles. The monoisotopic (exact) mass is 455 g/mol. The van der Waals surface area contributed by atoms with Crippen LogP contribution in [0.1, 0.15) is 41.3 Å². The first-order valence-electron chi connectivity index (χ1n) is 10.6. The summed E-state index contributed by atoms with van der Waals surface area (Å²) in [6.07, 6.45) is 2.68. The summed E-state index contributed by atoms with van der Waals surface area (Å²) in [5.74, 6) is -0.112. The number of hydrogen-bond donors (Lipinski definition) is 1. The van der Waals surface area contributed by atoms with Gasteiger partial charge in [0.25, 0.3) is 5.56 Å². The SMILES string of the molecule is CCOC(=O)c1nc2sc3c(c2c(=O)n1CC(=O)Nc1ccc(OC)cc1)CCC(C)C3. The standard InChI is InChI=1S/C23H25N3O5S/c1-4-31-23(29)20-25-21-19(16-10-5-13(2)11-17(16)32-21)22(28)26(20)12-18(27)24-14-6-8-15(30-3)9-7-14/h6-9,13H,4-5,10-12H2,1-3H3,(H,24,27). The molecule has 168 valence electrons. The van der Waals surface area contributed by atoms with Crippen molar-refractivity contribution in [1.82, 2.24) is 9.55 Å². The number of rotatable bonds is 6. The normalized spacial score (nSPS) is 15.3. The molecule has 1 aliphatic carbocycles. The Balaban J connectivity index is 1.72. The molecule has 0 spiro atoms. The van der Waals surface area contributed by atoms with Gasteiger partial charge in [-0.25, -0.2) is 9.78 Å². The molecule has 32 heavy (non-hydrogen) atoms. The average Bonchev–Trinajstić information content (AvgIpc) is 3.13. The van der Waals surface area contributed by atoms with Gasteiger partial charge in [0.15, 0.2) is 0 Å². The maximum Gasteiger partial charge on any atom is 0.374 e. The van der Waals surface area contributed by atoms with Crippen LogP contribution in [0.15, 0.2) is 29.1 Å². The first kappa shape index (κ1) is 22.0. The zero-order chi connectivity index (χ0) is 22.8. The van der Waals surface area contributed by atoms with Gasteiger partial charge in [-0.15, -0.1) is 11.3 Å². The molecule has 3 aromatic rings. The molecular formula is C23H25N3O5S. The maximum atomic E-state index is 13.5. The largest absolute Gasteiger partial charge is 0.497 e. The number of amides is 1. The first-order valence-corrected chi connectivity index (χ1v) is 11.4. The number of ether oxygens (including phenoxy) is 2. The van der Waals surface area contributed by atoms with Crippen LogP contribution < -0.4 is 15.6 Å². The Bertz CT molecular complexity index is 1230. The Morgan fingerprint density at radius 2 is 2.03 bits per heavy atom. The zero-order valence-corrected chi connectivity index (χ0v) is 19.1. The van der Waals surface area contributed by atoms with E-state index in [-0.39, 0.29) is 24.5 Å². The molecule has 0 saturated heterocycles. The number of carbonyl (C=O) groups is 2. The van der Waals surface area contributed by atoms with E-state index < -0.39 is 11.9 Å². The van der Waals surface area contributed by atoms with Gasteiger partial charge in [-0.2, -0.15) is 0 Å². The second-order valence-electron chi connectivity index (χ2n) is 7.86. The van der Waals surface area contributed by atoms with Gasteiger partial charge in [0.2, 0.25) is 11.7 Å². The van der Waals surface area contributed by atoms with E-state index in [9.17, 15) is 14.4 Å². The molecule has 1 N–H and O–H groups in total. The van der Waals surface area contributed by atoms with Crippen molar-refractivity contribution >= 4 is 39.1 Å². The number of benzene rings is 1. The Hall–Kier alpha value is -3.20. The smallest absolute Gasteiger partial charge is 0.374 e. The topological polar surface area (TPSA) is 99.5 Å². The van der Waals surface area contributed by atoms with Crippen LogP contribution in [0.5, 0.6) is 5.75 Å². The van der Waals surface area contributed by atoms with E-state index in [1.807, 2.05) is 0 Å². The molecule has 1 aromatic carbocycles. The zero-order valence-electron chi connectivity index (χ0n) is 18.3. The molecule has 0 aliphatic heterocycles. The van der Waals surface area contributed by atoms with E-state index in [2.05, 4.69) is 17.2 Å². The highest BCUT2D eigenvalue weighted by Gasteiger charge is 2.27. The Kier molecular flexibility index (Phi) is 6.27. The van der Waals surface area contributed by atoms with E-state index in [1.54, 1.807) is 38.3 Å². The summed E-state index contributed by atoms with van der Waals surface area (Å²) >= 11 is 1.46. The lowest BCUT2D eigenvalue weighted by Crippen LogP contribution is -2.33. The lowest BCUT2D eigenvalue weighted by Gasteiger charge is -2.17. The summed E-state index contributed by atoms with van der Waals surface area (Å²) < 4.78 is 11.4. The van der Waals surface area contributed by atoms with Crippen LogP contribution >= 0.6 is 11.3 Å². The maximum absolute atomic E-state index is 13.5. The van der Waals surface area contributed by atoms with Gasteiger partial charge in [0, 0.05) is 10.6 Å². The molecule has 0 bridgehead atoms. The Morgan fingerprint density at radius 3 is 2.72 bits per heavy atom. The van der Waals surface area contributed by atoms with Crippen LogP contribution in [0, 0.1) is 5.92 Å². The highest BCUT2D eigenvalue weighted by Crippen LogP contribution is 2.35. The molecule has 1 aliphatic rings. The number of esters is 1. The molecule has 0 saturated carbocycles. The fourth-order valence-corrected chi connectivity index (χ4v) is 5.31. The van der Waals surface area contributed by atoms with E-state index in [0.29, 0.717) is 27.6 Å². The second kappa shape index (κ2) is 9.12. The molecular weight excluding hydrogens is 430 g/mol. The molecule has 1 amide bonds. The van der Waals surface area contributed by atoms with Crippen LogP contribution in [0.4, 0.5) is 5.69 Å². The third-order valence-electron chi connectivity index (χ3n) is 5.55. The Morgan fingerprint density at radius 1 is 1.28 bits per heavy atom. The lowest BCUT2D eigenvalue weighted by molar-refractivity contribution is -0.116. The number of aromatic nitrogens is 2. The highest BCUT2D eigenvalue weighted by molar-refractivity contribution is 7.18. The van der Waals surface area contributed by atoms with Crippen LogP contribution in [-0.4, -0.2) is 35.1 Å². The third-order valence-corrected chi connectivity index (χ3v) is 6.70. The van der Waals surface area contributed by atoms with Gasteiger partial charge in [0.1, 0.15) is 17.1 Å². The van der Waals surface area contributed by atoms with Crippen molar-refractivity contribution in [3.05, 3.63) is 50.9 Å². The van der Waals surface area contributed by atoms with Gasteiger partial charge in [-0.05, 0) is 61.9 Å². The number of aryl methyl sites for hydroxylation is 1. The summed E-state index contributed by atoms with van der Waals surface area (Å²) in [7, 11) is 1.56. The summed E-state index contributed by atoms with van der Waals surface area (Å²) in [6.45, 7) is 3.67. The summed E-state index contributed by atoms with van der Waals surface area (Å²) in [4.78, 5) is 44.9. The fraction of sp³-hybridized carbons (Fsp3) is 0.391. The van der Waals surface area contributed by atoms with Gasteiger partial charge >= 0.3 is 5.97 Å². The number of hydrogen-bond acceptors (Lipinski definition) is 7. The number of nitrogens with zero attached hydrogens (tertiary/aromatic N) is 2. The number of fused-ring (bicyclic) bond motifs is 3. The van der Waals surface area contributed by atoms with Crippen molar-refractivity contribution in [2.45, 2.75) is 39.7 Å². The number of anilines is 1. The van der Waals surface area contributed by atoms with Crippen molar-refractivity contribution in [2.75, 3.05) is 19.0 Å². The van der Waals surface area contributed by atoms with Crippen molar-refractivity contribution in [2.24, 2.45) is 5.92 Å². The molecule has 2 aromatic heterocycles. The number of nitrogens with one attached hydrogen (secondary N) is 1. The van der Waals surface area contributed by atoms with Gasteiger partial charge in [-0.1, -0.05) is 6.92 Å². The van der Waals surface area contributed by atoms with Gasteiger partial charge < -0.3 is 14.8 Å². The van der Waals surface area contributed by atoms with Crippen LogP contribution in [-0.2, 0) is 28.9 Å². The Labute approximate surface area is 189 Å². The van der Waals surface area contributed by atoms with Crippen LogP contribution in [0.2, 0.25) is 0 Å². The summed E-state index contributed by atoms with van der Waals surface area (Å²) in [5.41, 5.74) is 1.17. The molecule has 8 nitrogen and oxygen atoms in total. The van der Waals surface area contributed by atoms with Crippen molar-refractivity contribution in [1.29, 1.82) is 0 Å². The highest BCUT2D eigenvalue weighted by atomic mass is 32.1. The number of carbonyl (C=O) groups excluding carboxylic acids is 2. The molecule has 1 atom stereocenters. The van der Waals surface area contributed by atoms with Crippen molar-refractivity contribution in [3.8, 4) is 5.75 Å². The predicted molar refractivity (Wildman–Crippen MR) is 123 cm³/mol. The second-order valence-corrected chi connectivity index (χ2v) is 8.94. The van der Waals surface area contributed by atoms with E-state index in [1.165, 1.54) is 11.3 Å². The number of methoxy groups -OCH3 is 1. The predicted octanol–water partition coefficient (Wildman–Crippen LogP) is 3.41. The van der Waals surface area contributed by atoms with Crippen LogP contribution in [0.3, 0.4) is 0 Å². The minimum Gasteiger partial charge on any atom is -0.497 e. The minimum absolute atomic E-state index is 0.142. The minimum atomic E-state index is -0.719. The van der Waals surface area contributed by atoms with Gasteiger partial charge in [0.05, 0.1) is 19.1 Å². The summed E-state index contributed by atoms with van der Waals surface area (Å²) in [6, 6.07) is 6.84. The molecule has 4 rings (SSSR count). The molecule has 0 fully saturated rings. The number of thiophene rings is 1. The summed E-state index contributed by atoms with van der Waals surface area (Å²) in [5, 5.41) is 3.26. The van der Waals surface area contributed by atoms with Crippen molar-refractivity contribution in [3.63, 3.8) is 0 Å².